The molecule has 9 heteroatoms. The molecule has 0 atom stereocenters. The molecule has 35 heavy (non-hydrogen) atoms. The summed E-state index contributed by atoms with van der Waals surface area (Å²) in [6.07, 6.45) is -1.87. The van der Waals surface area contributed by atoms with Crippen LogP contribution < -0.4 is 15.0 Å². The lowest BCUT2D eigenvalue weighted by molar-refractivity contribution is -0.142. The van der Waals surface area contributed by atoms with Gasteiger partial charge >= 0.3 is 5.97 Å². The zero-order valence-electron chi connectivity index (χ0n) is 19.3. The Balaban J connectivity index is 1.38. The molecule has 0 bridgehead atoms. The third-order valence-electron chi connectivity index (χ3n) is 5.57. The molecule has 0 fully saturated rings. The lowest BCUT2D eigenvalue weighted by Crippen LogP contribution is -2.39. The number of hydrogen-bond donors (Lipinski definition) is 1. The number of anilines is 1. The van der Waals surface area contributed by atoms with Crippen LogP contribution in [0.2, 0.25) is 0 Å². The first-order chi connectivity index (χ1) is 17.0. The van der Waals surface area contributed by atoms with E-state index in [4.69, 9.17) is 9.47 Å². The standard InChI is InChI=1S/C26H26F2N2O4S/c1-2-33-24(32)15-29-14-23(31)30-11-10-18-12-19(8-9-22(18)30)34-16-20-13-21(25(35-20)26(27)28)17-6-4-3-5-7-17/h3-9,12-13,26,29H,2,10-11,14-16H2,1H3. The Morgan fingerprint density at radius 2 is 1.91 bits per heavy atom. The second-order valence-corrected chi connectivity index (χ2v) is 9.11. The molecule has 2 heterocycles. The van der Waals surface area contributed by atoms with Crippen LogP contribution in [-0.2, 0) is 27.4 Å². The van der Waals surface area contributed by atoms with Crippen LogP contribution in [0.15, 0.2) is 54.6 Å². The number of nitrogens with zero attached hydrogens (tertiary/aromatic N) is 1. The molecule has 1 aromatic heterocycles. The highest BCUT2D eigenvalue weighted by Crippen LogP contribution is 2.39. The first-order valence-electron chi connectivity index (χ1n) is 11.3. The lowest BCUT2D eigenvalue weighted by Gasteiger charge is -2.18. The number of fused-ring (bicyclic) bond motifs is 1. The summed E-state index contributed by atoms with van der Waals surface area (Å²) in [4.78, 5) is 26.4. The minimum absolute atomic E-state index is 0.0188. The zero-order chi connectivity index (χ0) is 24.8. The maximum absolute atomic E-state index is 13.6. The summed E-state index contributed by atoms with van der Waals surface area (Å²) >= 11 is 1.06. The van der Waals surface area contributed by atoms with Gasteiger partial charge in [0.2, 0.25) is 5.91 Å². The maximum Gasteiger partial charge on any atom is 0.319 e. The molecule has 184 valence electrons. The van der Waals surface area contributed by atoms with E-state index in [2.05, 4.69) is 5.32 Å². The van der Waals surface area contributed by atoms with E-state index in [9.17, 15) is 18.4 Å². The second-order valence-electron chi connectivity index (χ2n) is 7.94. The van der Waals surface area contributed by atoms with Crippen molar-refractivity contribution in [2.45, 2.75) is 26.4 Å². The van der Waals surface area contributed by atoms with Gasteiger partial charge in [0, 0.05) is 22.7 Å². The first kappa shape index (κ1) is 24.8. The number of esters is 1. The van der Waals surface area contributed by atoms with Gasteiger partial charge in [-0.15, -0.1) is 11.3 Å². The van der Waals surface area contributed by atoms with Crippen molar-refractivity contribution in [2.75, 3.05) is 31.1 Å². The molecule has 4 rings (SSSR count). The lowest BCUT2D eigenvalue weighted by atomic mass is 10.1. The number of hydrogen-bond acceptors (Lipinski definition) is 6. The number of benzene rings is 2. The van der Waals surface area contributed by atoms with E-state index in [1.54, 1.807) is 24.0 Å². The summed E-state index contributed by atoms with van der Waals surface area (Å²) in [5.41, 5.74) is 3.07. The number of amides is 1. The van der Waals surface area contributed by atoms with Crippen molar-refractivity contribution in [3.05, 3.63) is 69.9 Å². The second kappa shape index (κ2) is 11.4. The summed E-state index contributed by atoms with van der Waals surface area (Å²) in [7, 11) is 0. The molecule has 2 aromatic carbocycles. The van der Waals surface area contributed by atoms with Crippen LogP contribution in [0.25, 0.3) is 11.1 Å². The molecule has 0 saturated carbocycles. The van der Waals surface area contributed by atoms with E-state index in [0.29, 0.717) is 35.8 Å². The fraction of sp³-hybridized carbons (Fsp3) is 0.308. The summed E-state index contributed by atoms with van der Waals surface area (Å²) in [6, 6.07) is 16.4. The Morgan fingerprint density at radius 3 is 2.66 bits per heavy atom. The summed E-state index contributed by atoms with van der Waals surface area (Å²) in [6.45, 7) is 2.76. The molecule has 0 saturated heterocycles. The number of alkyl halides is 2. The van der Waals surface area contributed by atoms with Crippen molar-refractivity contribution in [1.29, 1.82) is 0 Å². The molecule has 1 aliphatic heterocycles. The summed E-state index contributed by atoms with van der Waals surface area (Å²) < 4.78 is 38.0. The summed E-state index contributed by atoms with van der Waals surface area (Å²) in [5.74, 6) is 0.0891. The number of carbonyl (C=O) groups excluding carboxylic acids is 2. The molecule has 1 amide bonds. The highest BCUT2D eigenvalue weighted by Gasteiger charge is 2.25. The molecular weight excluding hydrogens is 474 g/mol. The van der Waals surface area contributed by atoms with Gasteiger partial charge in [0.15, 0.2) is 0 Å². The number of nitrogens with one attached hydrogen (secondary N) is 1. The van der Waals surface area contributed by atoms with E-state index >= 15 is 0 Å². The predicted octanol–water partition coefficient (Wildman–Crippen LogP) is 4.97. The van der Waals surface area contributed by atoms with Crippen molar-refractivity contribution in [1.82, 2.24) is 5.32 Å². The van der Waals surface area contributed by atoms with Crippen molar-refractivity contribution < 1.29 is 27.8 Å². The number of carbonyl (C=O) groups is 2. The Morgan fingerprint density at radius 1 is 1.11 bits per heavy atom. The average Bonchev–Trinajstić information content (AvgIpc) is 3.48. The zero-order valence-corrected chi connectivity index (χ0v) is 20.1. The van der Waals surface area contributed by atoms with E-state index in [0.717, 1.165) is 28.2 Å². The largest absolute Gasteiger partial charge is 0.488 e. The highest BCUT2D eigenvalue weighted by atomic mass is 32.1. The molecule has 1 N–H and O–H groups in total. The van der Waals surface area contributed by atoms with E-state index < -0.39 is 12.4 Å². The topological polar surface area (TPSA) is 67.9 Å². The Bertz CT molecular complexity index is 1180. The Hall–Kier alpha value is -3.30. The highest BCUT2D eigenvalue weighted by molar-refractivity contribution is 7.12. The third-order valence-corrected chi connectivity index (χ3v) is 6.69. The van der Waals surface area contributed by atoms with Crippen LogP contribution in [0.4, 0.5) is 14.5 Å². The van der Waals surface area contributed by atoms with Crippen LogP contribution in [-0.4, -0.2) is 38.1 Å². The summed E-state index contributed by atoms with van der Waals surface area (Å²) in [5, 5.41) is 2.81. The first-order valence-corrected chi connectivity index (χ1v) is 12.2. The van der Waals surface area contributed by atoms with Crippen LogP contribution >= 0.6 is 11.3 Å². The van der Waals surface area contributed by atoms with Crippen molar-refractivity contribution in [2.24, 2.45) is 0 Å². The minimum atomic E-state index is -2.56. The monoisotopic (exact) mass is 500 g/mol. The molecule has 0 aliphatic carbocycles. The van der Waals surface area contributed by atoms with E-state index in [-0.39, 0.29) is 30.5 Å². The van der Waals surface area contributed by atoms with Gasteiger partial charge in [0.25, 0.3) is 6.43 Å². The van der Waals surface area contributed by atoms with Crippen LogP contribution in [0.1, 0.15) is 28.7 Å². The van der Waals surface area contributed by atoms with Crippen LogP contribution in [0, 0.1) is 0 Å². The van der Waals surface area contributed by atoms with Gasteiger partial charge in [0.1, 0.15) is 12.4 Å². The molecule has 0 radical (unpaired) electrons. The van der Waals surface area contributed by atoms with Crippen LogP contribution in [0.3, 0.4) is 0 Å². The molecule has 1 aliphatic rings. The van der Waals surface area contributed by atoms with Gasteiger partial charge < -0.3 is 14.4 Å². The Kier molecular flexibility index (Phi) is 8.09. The van der Waals surface area contributed by atoms with Gasteiger partial charge in [0.05, 0.1) is 24.6 Å². The number of rotatable bonds is 10. The fourth-order valence-electron chi connectivity index (χ4n) is 3.99. The number of halogens is 2. The molecule has 6 nitrogen and oxygen atoms in total. The smallest absolute Gasteiger partial charge is 0.319 e. The van der Waals surface area contributed by atoms with Crippen molar-refractivity contribution in [3.63, 3.8) is 0 Å². The molecule has 0 unspecified atom stereocenters. The minimum Gasteiger partial charge on any atom is -0.488 e. The van der Waals surface area contributed by atoms with Gasteiger partial charge in [-0.2, -0.15) is 0 Å². The predicted molar refractivity (Wildman–Crippen MR) is 131 cm³/mol. The fourth-order valence-corrected chi connectivity index (χ4v) is 4.95. The maximum atomic E-state index is 13.6. The normalized spacial score (nSPS) is 12.6. The van der Waals surface area contributed by atoms with Gasteiger partial charge in [-0.1, -0.05) is 30.3 Å². The number of thiophene rings is 1. The molecule has 0 spiro atoms. The van der Waals surface area contributed by atoms with Gasteiger partial charge in [-0.05, 0) is 48.7 Å². The van der Waals surface area contributed by atoms with Crippen molar-refractivity contribution in [3.8, 4) is 16.9 Å². The molecular formula is C26H26F2N2O4S. The average molecular weight is 501 g/mol. The number of ether oxygens (including phenoxy) is 2. The third kappa shape index (κ3) is 6.04. The van der Waals surface area contributed by atoms with Crippen molar-refractivity contribution >= 4 is 28.9 Å². The Labute approximate surface area is 206 Å². The van der Waals surface area contributed by atoms with Crippen LogP contribution in [0.5, 0.6) is 5.75 Å². The molecule has 3 aromatic rings. The SMILES string of the molecule is CCOC(=O)CNCC(=O)N1CCc2cc(OCc3cc(-c4ccccc4)c(C(F)F)s3)ccc21. The quantitative estimate of drug-likeness (QED) is 0.398. The van der Waals surface area contributed by atoms with E-state index in [1.165, 1.54) is 0 Å². The van der Waals surface area contributed by atoms with E-state index in [1.807, 2.05) is 42.5 Å². The van der Waals surface area contributed by atoms with Gasteiger partial charge in [-0.25, -0.2) is 8.78 Å². The van der Waals surface area contributed by atoms with Gasteiger partial charge in [-0.3, -0.25) is 14.9 Å².